The van der Waals surface area contributed by atoms with Gasteiger partial charge < -0.3 is 15.4 Å². The van der Waals surface area contributed by atoms with Crippen LogP contribution in [0, 0.1) is 0 Å². The van der Waals surface area contributed by atoms with Gasteiger partial charge in [-0.15, -0.1) is 0 Å². The first-order chi connectivity index (χ1) is 10.3. The van der Waals surface area contributed by atoms with Crippen molar-refractivity contribution < 1.29 is 4.74 Å². The average Bonchev–Trinajstić information content (AvgIpc) is 2.57. The molecule has 0 amide bonds. The first-order valence-corrected chi connectivity index (χ1v) is 7.15. The van der Waals surface area contributed by atoms with Gasteiger partial charge in [-0.3, -0.25) is 4.99 Å². The van der Waals surface area contributed by atoms with E-state index in [1.165, 1.54) is 0 Å². The summed E-state index contributed by atoms with van der Waals surface area (Å²) in [6.07, 6.45) is 1.11. The molecule has 0 aliphatic carbocycles. The number of nitrogens with one attached hydrogen (secondary N) is 2. The maximum atomic E-state index is 5.15. The van der Waals surface area contributed by atoms with Gasteiger partial charge in [0.2, 0.25) is 0 Å². The SMILES string of the molecule is COc1ccc(Nc2ccc(C3=NCCCN3)cc2)cc1. The molecule has 0 saturated heterocycles. The van der Waals surface area contributed by atoms with Crippen molar-refractivity contribution >= 4 is 17.2 Å². The lowest BCUT2D eigenvalue weighted by Gasteiger charge is -2.15. The van der Waals surface area contributed by atoms with Crippen LogP contribution in [0.25, 0.3) is 0 Å². The Balaban J connectivity index is 1.70. The standard InChI is InChI=1S/C17H19N3O/c1-21-16-9-7-15(8-10-16)20-14-5-3-13(4-6-14)17-18-11-2-12-19-17/h3-10,20H,2,11-12H2,1H3,(H,18,19). The monoisotopic (exact) mass is 281 g/mol. The number of benzene rings is 2. The lowest BCUT2D eigenvalue weighted by atomic mass is 10.1. The minimum Gasteiger partial charge on any atom is -0.497 e. The molecule has 21 heavy (non-hydrogen) atoms. The molecule has 3 rings (SSSR count). The summed E-state index contributed by atoms with van der Waals surface area (Å²) in [4.78, 5) is 4.50. The van der Waals surface area contributed by atoms with Crippen molar-refractivity contribution in [2.45, 2.75) is 6.42 Å². The number of anilines is 2. The fourth-order valence-electron chi connectivity index (χ4n) is 2.28. The predicted octanol–water partition coefficient (Wildman–Crippen LogP) is 3.18. The quantitative estimate of drug-likeness (QED) is 0.904. The maximum Gasteiger partial charge on any atom is 0.128 e. The van der Waals surface area contributed by atoms with Crippen LogP contribution in [-0.2, 0) is 0 Å². The molecule has 2 aromatic rings. The molecule has 0 spiro atoms. The Bertz CT molecular complexity index is 617. The van der Waals surface area contributed by atoms with Crippen molar-refractivity contribution in [3.05, 3.63) is 54.1 Å². The van der Waals surface area contributed by atoms with Crippen LogP contribution in [0.2, 0.25) is 0 Å². The Morgan fingerprint density at radius 3 is 2.24 bits per heavy atom. The fourth-order valence-corrected chi connectivity index (χ4v) is 2.28. The zero-order valence-corrected chi connectivity index (χ0v) is 12.1. The van der Waals surface area contributed by atoms with Crippen molar-refractivity contribution in [2.75, 3.05) is 25.5 Å². The van der Waals surface area contributed by atoms with Crippen LogP contribution in [0.4, 0.5) is 11.4 Å². The normalized spacial score (nSPS) is 14.0. The minimum atomic E-state index is 0.859. The first kappa shape index (κ1) is 13.5. The lowest BCUT2D eigenvalue weighted by molar-refractivity contribution is 0.415. The smallest absolute Gasteiger partial charge is 0.128 e. The predicted molar refractivity (Wildman–Crippen MR) is 86.7 cm³/mol. The molecular weight excluding hydrogens is 262 g/mol. The molecule has 1 aliphatic rings. The van der Waals surface area contributed by atoms with Crippen molar-refractivity contribution in [1.29, 1.82) is 0 Å². The van der Waals surface area contributed by atoms with Gasteiger partial charge >= 0.3 is 0 Å². The Kier molecular flexibility index (Phi) is 4.05. The van der Waals surface area contributed by atoms with Crippen molar-refractivity contribution in [2.24, 2.45) is 4.99 Å². The zero-order valence-electron chi connectivity index (χ0n) is 12.1. The molecule has 2 N–H and O–H groups in total. The van der Waals surface area contributed by atoms with Gasteiger partial charge in [-0.25, -0.2) is 0 Å². The van der Waals surface area contributed by atoms with E-state index < -0.39 is 0 Å². The summed E-state index contributed by atoms with van der Waals surface area (Å²) in [5, 5.41) is 6.70. The van der Waals surface area contributed by atoms with Crippen LogP contribution in [0.1, 0.15) is 12.0 Å². The van der Waals surface area contributed by atoms with Crippen LogP contribution in [0.5, 0.6) is 5.75 Å². The molecule has 2 aromatic carbocycles. The van der Waals surface area contributed by atoms with E-state index in [2.05, 4.69) is 39.9 Å². The Morgan fingerprint density at radius 2 is 1.67 bits per heavy atom. The van der Waals surface area contributed by atoms with Crippen molar-refractivity contribution in [3.63, 3.8) is 0 Å². The summed E-state index contributed by atoms with van der Waals surface area (Å²) in [5.74, 6) is 1.86. The number of ether oxygens (including phenoxy) is 1. The van der Waals surface area contributed by atoms with Gasteiger partial charge in [-0.05, 0) is 55.0 Å². The first-order valence-electron chi connectivity index (χ1n) is 7.15. The van der Waals surface area contributed by atoms with Gasteiger partial charge in [-0.1, -0.05) is 0 Å². The number of hydrogen-bond acceptors (Lipinski definition) is 4. The van der Waals surface area contributed by atoms with E-state index in [1.54, 1.807) is 7.11 Å². The third kappa shape index (κ3) is 3.34. The Hall–Kier alpha value is -2.49. The summed E-state index contributed by atoms with van der Waals surface area (Å²) in [5.41, 5.74) is 3.23. The van der Waals surface area contributed by atoms with Crippen LogP contribution >= 0.6 is 0 Å². The van der Waals surface area contributed by atoms with E-state index in [0.29, 0.717) is 0 Å². The van der Waals surface area contributed by atoms with Gasteiger partial charge in [0.1, 0.15) is 11.6 Å². The Labute approximate surface area is 124 Å². The minimum absolute atomic E-state index is 0.859. The average molecular weight is 281 g/mol. The number of methoxy groups -OCH3 is 1. The molecule has 108 valence electrons. The molecule has 1 heterocycles. The molecule has 0 bridgehead atoms. The molecule has 1 aliphatic heterocycles. The number of hydrogen-bond donors (Lipinski definition) is 2. The third-order valence-electron chi connectivity index (χ3n) is 3.43. The van der Waals surface area contributed by atoms with Gasteiger partial charge in [0, 0.05) is 30.0 Å². The lowest BCUT2D eigenvalue weighted by Crippen LogP contribution is -2.30. The highest BCUT2D eigenvalue weighted by molar-refractivity contribution is 5.99. The highest BCUT2D eigenvalue weighted by Crippen LogP contribution is 2.20. The van der Waals surface area contributed by atoms with E-state index in [-0.39, 0.29) is 0 Å². The molecule has 0 unspecified atom stereocenters. The Morgan fingerprint density at radius 1 is 1.00 bits per heavy atom. The molecular formula is C17H19N3O. The summed E-state index contributed by atoms with van der Waals surface area (Å²) >= 11 is 0. The molecule has 0 aromatic heterocycles. The largest absolute Gasteiger partial charge is 0.497 e. The number of nitrogens with zero attached hydrogens (tertiary/aromatic N) is 1. The summed E-state index contributed by atoms with van der Waals surface area (Å²) in [7, 11) is 1.67. The van der Waals surface area contributed by atoms with E-state index in [0.717, 1.165) is 48.0 Å². The fraction of sp³-hybridized carbons (Fsp3) is 0.235. The maximum absolute atomic E-state index is 5.15. The van der Waals surface area contributed by atoms with Gasteiger partial charge in [0.25, 0.3) is 0 Å². The van der Waals surface area contributed by atoms with E-state index in [9.17, 15) is 0 Å². The molecule has 0 radical (unpaired) electrons. The summed E-state index contributed by atoms with van der Waals surface area (Å²) in [6, 6.07) is 16.2. The second kappa shape index (κ2) is 6.31. The summed E-state index contributed by atoms with van der Waals surface area (Å²) in [6.45, 7) is 1.92. The second-order valence-corrected chi connectivity index (χ2v) is 4.94. The topological polar surface area (TPSA) is 45.6 Å². The molecule has 0 fully saturated rings. The van der Waals surface area contributed by atoms with Gasteiger partial charge in [0.05, 0.1) is 7.11 Å². The number of amidine groups is 1. The zero-order chi connectivity index (χ0) is 14.5. The molecule has 4 nitrogen and oxygen atoms in total. The van der Waals surface area contributed by atoms with Gasteiger partial charge in [-0.2, -0.15) is 0 Å². The molecule has 0 atom stereocenters. The molecule has 4 heteroatoms. The highest BCUT2D eigenvalue weighted by atomic mass is 16.5. The van der Waals surface area contributed by atoms with Crippen molar-refractivity contribution in [3.8, 4) is 5.75 Å². The van der Waals surface area contributed by atoms with Gasteiger partial charge in [0.15, 0.2) is 0 Å². The third-order valence-corrected chi connectivity index (χ3v) is 3.43. The van der Waals surface area contributed by atoms with Crippen LogP contribution in [0.3, 0.4) is 0 Å². The van der Waals surface area contributed by atoms with E-state index in [4.69, 9.17) is 4.74 Å². The number of rotatable bonds is 4. The number of aliphatic imine (C=N–C) groups is 1. The van der Waals surface area contributed by atoms with Crippen LogP contribution in [0.15, 0.2) is 53.5 Å². The highest BCUT2D eigenvalue weighted by Gasteiger charge is 2.06. The van der Waals surface area contributed by atoms with Crippen LogP contribution < -0.4 is 15.4 Å². The van der Waals surface area contributed by atoms with E-state index in [1.807, 2.05) is 24.3 Å². The summed E-state index contributed by atoms with van der Waals surface area (Å²) < 4.78 is 5.15. The molecule has 0 saturated carbocycles. The van der Waals surface area contributed by atoms with Crippen LogP contribution in [-0.4, -0.2) is 26.0 Å². The van der Waals surface area contributed by atoms with E-state index >= 15 is 0 Å². The van der Waals surface area contributed by atoms with Crippen molar-refractivity contribution in [1.82, 2.24) is 5.32 Å². The second-order valence-electron chi connectivity index (χ2n) is 4.94.